The third kappa shape index (κ3) is 4.13. The van der Waals surface area contributed by atoms with E-state index in [9.17, 15) is 14.4 Å². The molecule has 4 amide bonds. The molecule has 2 aromatic rings. The first-order chi connectivity index (χ1) is 15.9. The van der Waals surface area contributed by atoms with Gasteiger partial charge in [0.25, 0.3) is 5.91 Å². The fraction of sp³-hybridized carbons (Fsp3) is 0.423. The molecule has 2 aliphatic heterocycles. The van der Waals surface area contributed by atoms with E-state index >= 15 is 0 Å². The quantitative estimate of drug-likeness (QED) is 0.716. The first kappa shape index (κ1) is 21.6. The number of rotatable bonds is 5. The van der Waals surface area contributed by atoms with Crippen molar-refractivity contribution < 1.29 is 14.4 Å². The molecule has 0 spiro atoms. The van der Waals surface area contributed by atoms with Crippen LogP contribution in [0.4, 0.5) is 4.79 Å². The number of hydrogen-bond acceptors (Lipinski definition) is 4. The fourth-order valence-electron chi connectivity index (χ4n) is 5.15. The number of carbonyl (C=O) groups excluding carboxylic acids is 3. The van der Waals surface area contributed by atoms with Crippen LogP contribution in [0.25, 0.3) is 0 Å². The first-order valence-electron chi connectivity index (χ1n) is 11.7. The lowest BCUT2D eigenvalue weighted by Crippen LogP contribution is -2.51. The molecule has 1 unspecified atom stereocenters. The molecule has 7 heteroatoms. The summed E-state index contributed by atoms with van der Waals surface area (Å²) in [5.41, 5.74) is 3.47. The summed E-state index contributed by atoms with van der Waals surface area (Å²) in [6, 6.07) is 15.8. The topological polar surface area (TPSA) is 73.0 Å². The van der Waals surface area contributed by atoms with E-state index in [1.165, 1.54) is 16.7 Å². The van der Waals surface area contributed by atoms with Gasteiger partial charge in [-0.3, -0.25) is 19.4 Å². The highest BCUT2D eigenvalue weighted by Gasteiger charge is 2.50. The summed E-state index contributed by atoms with van der Waals surface area (Å²) in [6.45, 7) is 5.10. The molecule has 0 saturated carbocycles. The van der Waals surface area contributed by atoms with E-state index < -0.39 is 11.6 Å². The lowest BCUT2D eigenvalue weighted by molar-refractivity contribution is -0.139. The maximum atomic E-state index is 13.3. The minimum absolute atomic E-state index is 0.184. The number of nitrogens with one attached hydrogen (secondary N) is 1. The smallest absolute Gasteiger partial charge is 0.325 e. The van der Waals surface area contributed by atoms with Crippen LogP contribution in [-0.2, 0) is 34.5 Å². The molecule has 1 atom stereocenters. The molecule has 3 aliphatic rings. The second-order valence-corrected chi connectivity index (χ2v) is 9.43. The minimum Gasteiger partial charge on any atom is -0.339 e. The monoisotopic (exact) mass is 446 g/mol. The van der Waals surface area contributed by atoms with Crippen molar-refractivity contribution in [1.29, 1.82) is 0 Å². The summed E-state index contributed by atoms with van der Waals surface area (Å²) < 4.78 is 0. The Bertz CT molecular complexity index is 1080. The van der Waals surface area contributed by atoms with E-state index in [0.29, 0.717) is 13.1 Å². The van der Waals surface area contributed by atoms with Crippen molar-refractivity contribution in [1.82, 2.24) is 20.0 Å². The van der Waals surface area contributed by atoms with Crippen LogP contribution in [0.15, 0.2) is 48.5 Å². The average molecular weight is 447 g/mol. The summed E-state index contributed by atoms with van der Waals surface area (Å²) in [5.74, 6) is -0.544. The number of benzene rings is 2. The lowest BCUT2D eigenvalue weighted by atomic mass is 9.89. The van der Waals surface area contributed by atoms with Crippen LogP contribution < -0.4 is 5.32 Å². The Hall–Kier alpha value is -3.19. The third-order valence-corrected chi connectivity index (χ3v) is 7.22. The molecule has 2 fully saturated rings. The molecule has 0 radical (unpaired) electrons. The minimum atomic E-state index is -1.14. The number of piperazine rings is 1. The van der Waals surface area contributed by atoms with Crippen LogP contribution in [0, 0.1) is 0 Å². The van der Waals surface area contributed by atoms with Gasteiger partial charge in [-0.2, -0.15) is 0 Å². The number of aryl methyl sites for hydroxylation is 2. The van der Waals surface area contributed by atoms with E-state index in [-0.39, 0.29) is 18.4 Å². The van der Waals surface area contributed by atoms with Gasteiger partial charge in [-0.15, -0.1) is 0 Å². The van der Waals surface area contributed by atoms with Gasteiger partial charge < -0.3 is 10.2 Å². The van der Waals surface area contributed by atoms with Gasteiger partial charge in [0.15, 0.2) is 0 Å². The molecule has 1 N–H and O–H groups in total. The largest absolute Gasteiger partial charge is 0.339 e. The van der Waals surface area contributed by atoms with Crippen LogP contribution in [0.1, 0.15) is 35.6 Å². The van der Waals surface area contributed by atoms with Crippen LogP contribution in [-0.4, -0.2) is 65.3 Å². The Labute approximate surface area is 194 Å². The molecule has 2 aromatic carbocycles. The molecular formula is C26H30N4O3. The summed E-state index contributed by atoms with van der Waals surface area (Å²) >= 11 is 0. The van der Waals surface area contributed by atoms with Crippen molar-refractivity contribution in [2.75, 3.05) is 32.7 Å². The van der Waals surface area contributed by atoms with Crippen molar-refractivity contribution in [2.45, 2.75) is 38.3 Å². The number of carbonyl (C=O) groups is 3. The van der Waals surface area contributed by atoms with Crippen molar-refractivity contribution in [3.8, 4) is 0 Å². The fourth-order valence-corrected chi connectivity index (χ4v) is 5.15. The van der Waals surface area contributed by atoms with Crippen molar-refractivity contribution in [2.24, 2.45) is 0 Å². The van der Waals surface area contributed by atoms with E-state index in [4.69, 9.17) is 0 Å². The summed E-state index contributed by atoms with van der Waals surface area (Å²) in [5, 5.41) is 2.84. The Kier molecular flexibility index (Phi) is 5.66. The molecule has 2 saturated heterocycles. The maximum absolute atomic E-state index is 13.3. The van der Waals surface area contributed by atoms with Crippen LogP contribution in [0.5, 0.6) is 0 Å². The summed E-state index contributed by atoms with van der Waals surface area (Å²) in [7, 11) is 0. The van der Waals surface area contributed by atoms with E-state index in [1.807, 2.05) is 30.3 Å². The van der Waals surface area contributed by atoms with Gasteiger partial charge >= 0.3 is 6.03 Å². The van der Waals surface area contributed by atoms with Gasteiger partial charge in [0.1, 0.15) is 12.1 Å². The van der Waals surface area contributed by atoms with Gasteiger partial charge in [0, 0.05) is 32.7 Å². The number of amides is 4. The molecular weight excluding hydrogens is 416 g/mol. The maximum Gasteiger partial charge on any atom is 0.325 e. The number of urea groups is 1. The highest BCUT2D eigenvalue weighted by atomic mass is 16.2. The SMILES string of the molecule is CC1(c2ccc3c(c2)CCC3)NC(=O)N(CC(=O)N2CCN(Cc3ccccc3)CC2)C1=O. The number of nitrogens with zero attached hydrogens (tertiary/aromatic N) is 3. The standard InChI is InChI=1S/C26H30N4O3/c1-26(22-11-10-20-8-5-9-21(20)16-22)24(32)30(25(33)27-26)18-23(31)29-14-12-28(13-15-29)17-19-6-3-2-4-7-19/h2-4,6-7,10-11,16H,5,8-9,12-15,17-18H2,1H3,(H,27,33). The second kappa shape index (κ2) is 8.63. The number of imide groups is 1. The van der Waals surface area contributed by atoms with Gasteiger partial charge in [0.05, 0.1) is 0 Å². The molecule has 7 nitrogen and oxygen atoms in total. The zero-order valence-electron chi connectivity index (χ0n) is 19.0. The van der Waals surface area contributed by atoms with Gasteiger partial charge in [0.2, 0.25) is 5.91 Å². The predicted octanol–water partition coefficient (Wildman–Crippen LogP) is 2.29. The van der Waals surface area contributed by atoms with Crippen molar-refractivity contribution >= 4 is 17.8 Å². The van der Waals surface area contributed by atoms with E-state index in [1.54, 1.807) is 11.8 Å². The zero-order chi connectivity index (χ0) is 23.0. The van der Waals surface area contributed by atoms with Gasteiger partial charge in [-0.1, -0.05) is 48.5 Å². The Morgan fingerprint density at radius 1 is 0.970 bits per heavy atom. The van der Waals surface area contributed by atoms with Crippen LogP contribution >= 0.6 is 0 Å². The lowest BCUT2D eigenvalue weighted by Gasteiger charge is -2.35. The first-order valence-corrected chi connectivity index (χ1v) is 11.7. The zero-order valence-corrected chi connectivity index (χ0v) is 19.0. The van der Waals surface area contributed by atoms with Gasteiger partial charge in [-0.25, -0.2) is 4.79 Å². The Morgan fingerprint density at radius 3 is 2.45 bits per heavy atom. The van der Waals surface area contributed by atoms with E-state index in [2.05, 4.69) is 28.4 Å². The molecule has 5 rings (SSSR count). The highest BCUT2D eigenvalue weighted by molar-refractivity contribution is 6.09. The average Bonchev–Trinajstić information content (AvgIpc) is 3.38. The molecule has 2 heterocycles. The molecule has 33 heavy (non-hydrogen) atoms. The number of hydrogen-bond donors (Lipinski definition) is 1. The molecule has 0 aromatic heterocycles. The van der Waals surface area contributed by atoms with Crippen LogP contribution in [0.3, 0.4) is 0 Å². The number of fused-ring (bicyclic) bond motifs is 1. The molecule has 1 aliphatic carbocycles. The molecule has 0 bridgehead atoms. The highest BCUT2D eigenvalue weighted by Crippen LogP contribution is 2.32. The van der Waals surface area contributed by atoms with Crippen molar-refractivity contribution in [3.63, 3.8) is 0 Å². The molecule has 172 valence electrons. The summed E-state index contributed by atoms with van der Waals surface area (Å²) in [6.07, 6.45) is 3.18. The van der Waals surface area contributed by atoms with Crippen LogP contribution in [0.2, 0.25) is 0 Å². The summed E-state index contributed by atoms with van der Waals surface area (Å²) in [4.78, 5) is 44.1. The third-order valence-electron chi connectivity index (χ3n) is 7.22. The van der Waals surface area contributed by atoms with Crippen molar-refractivity contribution in [3.05, 3.63) is 70.8 Å². The van der Waals surface area contributed by atoms with E-state index in [0.717, 1.165) is 49.4 Å². The Morgan fingerprint density at radius 2 is 1.70 bits per heavy atom. The normalized spacial score (nSPS) is 23.1. The Balaban J connectivity index is 1.20. The predicted molar refractivity (Wildman–Crippen MR) is 124 cm³/mol. The van der Waals surface area contributed by atoms with Gasteiger partial charge in [-0.05, 0) is 48.4 Å². The second-order valence-electron chi connectivity index (χ2n) is 9.43.